The van der Waals surface area contributed by atoms with Crippen molar-refractivity contribution in [3.05, 3.63) is 94.8 Å². The summed E-state index contributed by atoms with van der Waals surface area (Å²) >= 11 is 0. The molecule has 3 aromatic rings. The van der Waals surface area contributed by atoms with Crippen LogP contribution in [-0.4, -0.2) is 14.7 Å². The van der Waals surface area contributed by atoms with Crippen molar-refractivity contribution in [2.24, 2.45) is 10.9 Å². The lowest BCUT2D eigenvalue weighted by molar-refractivity contribution is -0.108. The molecule has 0 fully saturated rings. The maximum atomic E-state index is 13.9. The summed E-state index contributed by atoms with van der Waals surface area (Å²) in [6.07, 6.45) is 0.742. The second-order valence-electron chi connectivity index (χ2n) is 7.11. The van der Waals surface area contributed by atoms with Crippen molar-refractivity contribution < 1.29 is 22.3 Å². The van der Waals surface area contributed by atoms with Crippen molar-refractivity contribution in [1.82, 2.24) is 0 Å². The summed E-state index contributed by atoms with van der Waals surface area (Å²) < 4.78 is 43.2. The van der Waals surface area contributed by atoms with Gasteiger partial charge < -0.3 is 15.3 Å². The molecule has 1 atom stereocenters. The number of allylic oxidation sites excluding steroid dienone is 1. The number of primary sulfonamides is 1. The summed E-state index contributed by atoms with van der Waals surface area (Å²) in [4.78, 5) is 12.1. The molecule has 4 rings (SSSR count). The monoisotopic (exact) mass is 438 g/mol. The summed E-state index contributed by atoms with van der Waals surface area (Å²) in [6, 6.07) is 17.2. The Hall–Kier alpha value is -3.33. The standard InChI is InChI=1S/C23H19FN2O4S/c24-17-7-10-21-19(11-17)20(13-27)22(15-3-1-14(12-25)2-4-15)23(30-21)16-5-8-18(9-6-16)31(26,28)29/h1-11,13,20H,12,25H2,(H2,26,28,29). The number of benzene rings is 3. The number of nitrogens with two attached hydrogens (primary N) is 2. The zero-order chi connectivity index (χ0) is 22.2. The van der Waals surface area contributed by atoms with E-state index < -0.39 is 21.8 Å². The van der Waals surface area contributed by atoms with Gasteiger partial charge in [0.15, 0.2) is 0 Å². The molecular formula is C23H19FN2O4S. The molecule has 3 aromatic carbocycles. The van der Waals surface area contributed by atoms with E-state index >= 15 is 0 Å². The lowest BCUT2D eigenvalue weighted by Crippen LogP contribution is -2.16. The van der Waals surface area contributed by atoms with Crippen LogP contribution in [0.15, 0.2) is 71.6 Å². The Morgan fingerprint density at radius 1 is 0.968 bits per heavy atom. The number of rotatable bonds is 5. The van der Waals surface area contributed by atoms with Crippen LogP contribution >= 0.6 is 0 Å². The highest BCUT2D eigenvalue weighted by molar-refractivity contribution is 7.89. The largest absolute Gasteiger partial charge is 0.456 e. The van der Waals surface area contributed by atoms with E-state index in [-0.39, 0.29) is 4.90 Å². The van der Waals surface area contributed by atoms with Gasteiger partial charge in [0.1, 0.15) is 23.6 Å². The fourth-order valence-electron chi connectivity index (χ4n) is 3.60. The first-order valence-corrected chi connectivity index (χ1v) is 11.0. The van der Waals surface area contributed by atoms with Crippen LogP contribution in [-0.2, 0) is 21.4 Å². The van der Waals surface area contributed by atoms with Gasteiger partial charge in [-0.25, -0.2) is 17.9 Å². The Balaban J connectivity index is 1.94. The van der Waals surface area contributed by atoms with Gasteiger partial charge in [-0.1, -0.05) is 24.3 Å². The molecule has 0 bridgehead atoms. The Morgan fingerprint density at radius 3 is 2.19 bits per heavy atom. The number of aldehydes is 1. The normalized spacial score (nSPS) is 15.9. The molecule has 0 amide bonds. The molecule has 0 saturated carbocycles. The van der Waals surface area contributed by atoms with Crippen LogP contribution in [0.3, 0.4) is 0 Å². The second-order valence-corrected chi connectivity index (χ2v) is 8.67. The number of carbonyl (C=O) groups is 1. The van der Waals surface area contributed by atoms with E-state index in [1.807, 2.05) is 24.3 Å². The molecule has 1 unspecified atom stereocenters. The van der Waals surface area contributed by atoms with Crippen molar-refractivity contribution >= 4 is 27.6 Å². The number of carbonyl (C=O) groups excluding carboxylic acids is 1. The van der Waals surface area contributed by atoms with Gasteiger partial charge in [-0.3, -0.25) is 0 Å². The third-order valence-corrected chi connectivity index (χ3v) is 6.09. The number of fused-ring (bicyclic) bond motifs is 1. The minimum Gasteiger partial charge on any atom is -0.456 e. The highest BCUT2D eigenvalue weighted by atomic mass is 32.2. The Kier molecular flexibility index (Phi) is 5.45. The first kappa shape index (κ1) is 20.9. The van der Waals surface area contributed by atoms with Crippen LogP contribution in [0.5, 0.6) is 5.75 Å². The summed E-state index contributed by atoms with van der Waals surface area (Å²) in [6.45, 7) is 0.364. The van der Waals surface area contributed by atoms with Gasteiger partial charge in [0.25, 0.3) is 0 Å². The molecule has 0 saturated heterocycles. The summed E-state index contributed by atoms with van der Waals surface area (Å²) in [5.74, 6) is -0.534. The van der Waals surface area contributed by atoms with Crippen LogP contribution in [0.2, 0.25) is 0 Å². The van der Waals surface area contributed by atoms with Gasteiger partial charge in [-0.15, -0.1) is 0 Å². The summed E-state index contributed by atoms with van der Waals surface area (Å²) in [5, 5.41) is 5.19. The maximum Gasteiger partial charge on any atom is 0.238 e. The van der Waals surface area contributed by atoms with Crippen molar-refractivity contribution in [1.29, 1.82) is 0 Å². The van der Waals surface area contributed by atoms with Gasteiger partial charge in [-0.05, 0) is 53.6 Å². The third kappa shape index (κ3) is 4.00. The van der Waals surface area contributed by atoms with Gasteiger partial charge in [-0.2, -0.15) is 0 Å². The fourth-order valence-corrected chi connectivity index (χ4v) is 4.12. The average Bonchev–Trinajstić information content (AvgIpc) is 2.77. The molecule has 4 N–H and O–H groups in total. The second kappa shape index (κ2) is 8.07. The van der Waals surface area contributed by atoms with E-state index in [1.165, 1.54) is 30.3 Å². The molecular weight excluding hydrogens is 419 g/mol. The number of hydrogen-bond acceptors (Lipinski definition) is 5. The molecule has 8 heteroatoms. The highest BCUT2D eigenvalue weighted by Gasteiger charge is 2.32. The summed E-state index contributed by atoms with van der Waals surface area (Å²) in [5.41, 5.74) is 8.80. The maximum absolute atomic E-state index is 13.9. The molecule has 6 nitrogen and oxygen atoms in total. The molecule has 0 radical (unpaired) electrons. The van der Waals surface area contributed by atoms with Crippen molar-refractivity contribution in [3.63, 3.8) is 0 Å². The van der Waals surface area contributed by atoms with E-state index in [0.29, 0.717) is 40.3 Å². The van der Waals surface area contributed by atoms with Crippen LogP contribution in [0.1, 0.15) is 28.2 Å². The zero-order valence-corrected chi connectivity index (χ0v) is 17.1. The van der Waals surface area contributed by atoms with Crippen molar-refractivity contribution in [2.75, 3.05) is 0 Å². The van der Waals surface area contributed by atoms with E-state index in [4.69, 9.17) is 15.6 Å². The van der Waals surface area contributed by atoms with Crippen LogP contribution in [0, 0.1) is 5.82 Å². The van der Waals surface area contributed by atoms with E-state index in [2.05, 4.69) is 0 Å². The number of hydrogen-bond donors (Lipinski definition) is 2. The SMILES string of the molecule is NCc1ccc(C2=C(c3ccc(S(N)(=O)=O)cc3)Oc3ccc(F)cc3C2C=O)cc1. The smallest absolute Gasteiger partial charge is 0.238 e. The van der Waals surface area contributed by atoms with Crippen molar-refractivity contribution in [2.45, 2.75) is 17.4 Å². The lowest BCUT2D eigenvalue weighted by Gasteiger charge is -2.28. The predicted octanol–water partition coefficient (Wildman–Crippen LogP) is 3.18. The van der Waals surface area contributed by atoms with Crippen LogP contribution in [0.25, 0.3) is 11.3 Å². The molecule has 0 aromatic heterocycles. The lowest BCUT2D eigenvalue weighted by atomic mass is 9.83. The van der Waals surface area contributed by atoms with Crippen molar-refractivity contribution in [3.8, 4) is 5.75 Å². The molecule has 0 aliphatic carbocycles. The minimum atomic E-state index is -3.86. The van der Waals surface area contributed by atoms with Crippen LogP contribution in [0.4, 0.5) is 4.39 Å². The van der Waals surface area contributed by atoms with E-state index in [9.17, 15) is 17.6 Å². The number of sulfonamides is 1. The topological polar surface area (TPSA) is 112 Å². The van der Waals surface area contributed by atoms with E-state index in [0.717, 1.165) is 11.8 Å². The highest BCUT2D eigenvalue weighted by Crippen LogP contribution is 2.46. The molecule has 1 aliphatic heterocycles. The summed E-state index contributed by atoms with van der Waals surface area (Å²) in [7, 11) is -3.86. The zero-order valence-electron chi connectivity index (χ0n) is 16.3. The quantitative estimate of drug-likeness (QED) is 0.594. The molecule has 1 aliphatic rings. The van der Waals surface area contributed by atoms with Gasteiger partial charge in [0.2, 0.25) is 10.0 Å². The Bertz CT molecular complexity index is 1280. The number of halogens is 1. The van der Waals surface area contributed by atoms with E-state index in [1.54, 1.807) is 12.1 Å². The van der Waals surface area contributed by atoms with Gasteiger partial charge >= 0.3 is 0 Å². The first-order chi connectivity index (χ1) is 14.8. The number of ether oxygens (including phenoxy) is 1. The Labute approximate surface area is 179 Å². The molecule has 31 heavy (non-hydrogen) atoms. The predicted molar refractivity (Wildman–Crippen MR) is 115 cm³/mol. The van der Waals surface area contributed by atoms with Gasteiger partial charge in [0, 0.05) is 23.2 Å². The van der Waals surface area contributed by atoms with Crippen LogP contribution < -0.4 is 15.6 Å². The molecule has 0 spiro atoms. The average molecular weight is 438 g/mol. The molecule has 158 valence electrons. The molecule has 1 heterocycles. The Morgan fingerprint density at radius 2 is 1.61 bits per heavy atom. The third-order valence-electron chi connectivity index (χ3n) is 5.16. The first-order valence-electron chi connectivity index (χ1n) is 9.41. The van der Waals surface area contributed by atoms with Gasteiger partial charge in [0.05, 0.1) is 10.8 Å². The minimum absolute atomic E-state index is 0.0454. The fraction of sp³-hybridized carbons (Fsp3) is 0.0870.